The molecule has 0 fully saturated rings. The Morgan fingerprint density at radius 3 is 1.94 bits per heavy atom. The Labute approximate surface area is 106 Å². The number of alkyl halides is 1. The Balaban J connectivity index is 0.000000557. The van der Waals surface area contributed by atoms with Crippen molar-refractivity contribution in [1.82, 2.24) is 0 Å². The van der Waals surface area contributed by atoms with Gasteiger partial charge >= 0.3 is 0 Å². The molecule has 1 aromatic rings. The summed E-state index contributed by atoms with van der Waals surface area (Å²) in [5.41, 5.74) is 1.92. The van der Waals surface area contributed by atoms with Gasteiger partial charge in [0.05, 0.1) is 0 Å². The van der Waals surface area contributed by atoms with Crippen LogP contribution < -0.4 is 0 Å². The molecule has 1 aromatic carbocycles. The number of hydrogen-bond acceptors (Lipinski definition) is 0. The molecule has 0 saturated carbocycles. The molecular weight excluding hydrogens is 211 g/mol. The summed E-state index contributed by atoms with van der Waals surface area (Å²) < 4.78 is 13.7. The summed E-state index contributed by atoms with van der Waals surface area (Å²) in [4.78, 5) is 0. The van der Waals surface area contributed by atoms with Crippen LogP contribution in [0, 0.1) is 6.92 Å². The molecule has 1 rings (SSSR count). The lowest BCUT2D eigenvalue weighted by Gasteiger charge is -2.19. The molecule has 0 heterocycles. The first-order valence-electron chi connectivity index (χ1n) is 6.66. The van der Waals surface area contributed by atoms with E-state index in [1.165, 1.54) is 18.4 Å². The Kier molecular flexibility index (Phi) is 7.10. The van der Waals surface area contributed by atoms with E-state index in [0.29, 0.717) is 0 Å². The Hall–Kier alpha value is -0.850. The Morgan fingerprint density at radius 2 is 1.59 bits per heavy atom. The van der Waals surface area contributed by atoms with Gasteiger partial charge in [0.1, 0.15) is 5.67 Å². The number of benzene rings is 1. The van der Waals surface area contributed by atoms with E-state index < -0.39 is 5.67 Å². The van der Waals surface area contributed by atoms with Crippen LogP contribution in [0.25, 0.3) is 0 Å². The van der Waals surface area contributed by atoms with Gasteiger partial charge in [-0.25, -0.2) is 4.39 Å². The molecule has 0 saturated heterocycles. The zero-order valence-corrected chi connectivity index (χ0v) is 12.2. The quantitative estimate of drug-likeness (QED) is 0.646. The Bertz CT molecular complexity index is 319. The predicted molar refractivity (Wildman–Crippen MR) is 75.3 cm³/mol. The minimum absolute atomic E-state index is 0.812. The zero-order valence-electron chi connectivity index (χ0n) is 12.2. The van der Waals surface area contributed by atoms with Gasteiger partial charge in [-0.15, -0.1) is 0 Å². The van der Waals surface area contributed by atoms with E-state index in [9.17, 15) is 4.39 Å². The fraction of sp³-hybridized carbons (Fsp3) is 0.625. The van der Waals surface area contributed by atoms with Crippen molar-refractivity contribution in [3.05, 3.63) is 34.9 Å². The third-order valence-electron chi connectivity index (χ3n) is 2.97. The molecule has 0 N–H and O–H groups in total. The van der Waals surface area contributed by atoms with Crippen molar-refractivity contribution in [3.63, 3.8) is 0 Å². The van der Waals surface area contributed by atoms with Crippen LogP contribution >= 0.6 is 0 Å². The smallest absolute Gasteiger partial charge is 0.130 e. The van der Waals surface area contributed by atoms with Crippen LogP contribution in [-0.2, 0) is 12.1 Å². The van der Waals surface area contributed by atoms with Crippen molar-refractivity contribution in [2.24, 2.45) is 0 Å². The number of halogens is 1. The molecule has 0 amide bonds. The molecule has 98 valence electrons. The maximum absolute atomic E-state index is 13.7. The van der Waals surface area contributed by atoms with Crippen LogP contribution in [0.3, 0.4) is 0 Å². The maximum Gasteiger partial charge on any atom is 0.130 e. The molecular formula is C16H27F. The lowest BCUT2D eigenvalue weighted by molar-refractivity contribution is 0.220. The topological polar surface area (TPSA) is 0 Å². The molecule has 17 heavy (non-hydrogen) atoms. The number of hydrogen-bond donors (Lipinski definition) is 0. The molecule has 0 atom stereocenters. The number of unbranched alkanes of at least 4 members (excludes halogenated alkanes) is 1. The summed E-state index contributed by atoms with van der Waals surface area (Å²) in [6, 6.07) is 5.86. The third-order valence-corrected chi connectivity index (χ3v) is 2.97. The van der Waals surface area contributed by atoms with Gasteiger partial charge in [-0.05, 0) is 43.9 Å². The van der Waals surface area contributed by atoms with Crippen molar-refractivity contribution in [2.75, 3.05) is 0 Å². The van der Waals surface area contributed by atoms with E-state index in [-0.39, 0.29) is 0 Å². The normalized spacial score (nSPS) is 10.8. The van der Waals surface area contributed by atoms with E-state index in [0.717, 1.165) is 17.5 Å². The van der Waals surface area contributed by atoms with Crippen molar-refractivity contribution in [1.29, 1.82) is 0 Å². The minimum atomic E-state index is -1.23. The summed E-state index contributed by atoms with van der Waals surface area (Å²) in [5, 5.41) is 0. The molecule has 0 aliphatic carbocycles. The first kappa shape index (κ1) is 16.1. The molecule has 0 radical (unpaired) electrons. The van der Waals surface area contributed by atoms with Gasteiger partial charge in [0, 0.05) is 0 Å². The van der Waals surface area contributed by atoms with Crippen LogP contribution in [0.1, 0.15) is 64.2 Å². The van der Waals surface area contributed by atoms with Gasteiger partial charge < -0.3 is 0 Å². The van der Waals surface area contributed by atoms with Crippen LogP contribution in [0.15, 0.2) is 18.2 Å². The second kappa shape index (κ2) is 7.47. The third kappa shape index (κ3) is 5.34. The largest absolute Gasteiger partial charge is 0.239 e. The van der Waals surface area contributed by atoms with Crippen molar-refractivity contribution >= 4 is 0 Å². The highest BCUT2D eigenvalue weighted by Crippen LogP contribution is 2.29. The standard InChI is InChI=1S/C12H17F.C4H10/c1-5-10-7-6-8-11(9(10)2)12(3,4)13;1-3-4-2/h6-8H,5H2,1-4H3;3-4H2,1-2H3. The van der Waals surface area contributed by atoms with Crippen molar-refractivity contribution in [2.45, 2.75) is 66.5 Å². The molecule has 0 bridgehead atoms. The number of rotatable bonds is 3. The summed E-state index contributed by atoms with van der Waals surface area (Å²) in [6.07, 6.45) is 3.61. The number of aryl methyl sites for hydroxylation is 1. The van der Waals surface area contributed by atoms with Gasteiger partial charge in [-0.2, -0.15) is 0 Å². The first-order chi connectivity index (χ1) is 7.88. The minimum Gasteiger partial charge on any atom is -0.239 e. The van der Waals surface area contributed by atoms with Crippen LogP contribution in [0.4, 0.5) is 4.39 Å². The summed E-state index contributed by atoms with van der Waals surface area (Å²) in [6.45, 7) is 11.7. The lowest BCUT2D eigenvalue weighted by atomic mass is 9.91. The molecule has 0 aromatic heterocycles. The lowest BCUT2D eigenvalue weighted by Crippen LogP contribution is -2.12. The average molecular weight is 238 g/mol. The highest BCUT2D eigenvalue weighted by atomic mass is 19.1. The summed E-state index contributed by atoms with van der Waals surface area (Å²) >= 11 is 0. The highest BCUT2D eigenvalue weighted by Gasteiger charge is 2.21. The predicted octanol–water partition coefficient (Wildman–Crippen LogP) is 5.57. The van der Waals surface area contributed by atoms with Gasteiger partial charge in [0.15, 0.2) is 0 Å². The molecule has 0 unspecified atom stereocenters. The van der Waals surface area contributed by atoms with Gasteiger partial charge in [-0.3, -0.25) is 0 Å². The van der Waals surface area contributed by atoms with Gasteiger partial charge in [0.25, 0.3) is 0 Å². The molecule has 0 aliphatic rings. The van der Waals surface area contributed by atoms with E-state index in [1.54, 1.807) is 13.8 Å². The van der Waals surface area contributed by atoms with Gasteiger partial charge in [-0.1, -0.05) is 51.8 Å². The molecule has 0 spiro atoms. The van der Waals surface area contributed by atoms with Crippen LogP contribution in [0.5, 0.6) is 0 Å². The average Bonchev–Trinajstić information content (AvgIpc) is 2.28. The molecule has 0 nitrogen and oxygen atoms in total. The molecule has 1 heteroatoms. The molecule has 0 aliphatic heterocycles. The summed E-state index contributed by atoms with van der Waals surface area (Å²) in [7, 11) is 0. The fourth-order valence-corrected chi connectivity index (χ4v) is 1.71. The zero-order chi connectivity index (χ0) is 13.5. The fourth-order valence-electron chi connectivity index (χ4n) is 1.71. The van der Waals surface area contributed by atoms with E-state index >= 15 is 0 Å². The summed E-state index contributed by atoms with van der Waals surface area (Å²) in [5.74, 6) is 0. The van der Waals surface area contributed by atoms with Gasteiger partial charge in [0.2, 0.25) is 0 Å². The monoisotopic (exact) mass is 238 g/mol. The van der Waals surface area contributed by atoms with E-state index in [2.05, 4.69) is 26.8 Å². The SMILES string of the molecule is CCCC.CCc1cccc(C(C)(C)F)c1C. The van der Waals surface area contributed by atoms with Crippen molar-refractivity contribution in [3.8, 4) is 0 Å². The Morgan fingerprint density at radius 1 is 1.06 bits per heavy atom. The van der Waals surface area contributed by atoms with E-state index in [1.807, 2.05) is 19.1 Å². The van der Waals surface area contributed by atoms with E-state index in [4.69, 9.17) is 0 Å². The van der Waals surface area contributed by atoms with Crippen LogP contribution in [-0.4, -0.2) is 0 Å². The van der Waals surface area contributed by atoms with Crippen LogP contribution in [0.2, 0.25) is 0 Å². The van der Waals surface area contributed by atoms with Crippen molar-refractivity contribution < 1.29 is 4.39 Å². The second-order valence-corrected chi connectivity index (χ2v) is 4.92. The second-order valence-electron chi connectivity index (χ2n) is 4.92. The maximum atomic E-state index is 13.7. The highest BCUT2D eigenvalue weighted by molar-refractivity contribution is 5.37. The first-order valence-corrected chi connectivity index (χ1v) is 6.66.